The number of carboxylic acid groups (broad SMARTS) is 1. The molecule has 4 heterocycles. The number of ether oxygens (including phenoxy) is 1. The number of likely N-dealkylation sites (tertiary alicyclic amines) is 2. The van der Waals surface area contributed by atoms with Gasteiger partial charge in [-0.1, -0.05) is 76.2 Å². The minimum atomic E-state index is -1.22. The number of aromatic amines is 2. The molecule has 0 spiro atoms. The first-order valence-electron chi connectivity index (χ1n) is 18.6. The van der Waals surface area contributed by atoms with Crippen LogP contribution in [0.15, 0.2) is 60.9 Å². The maximum atomic E-state index is 13.6. The van der Waals surface area contributed by atoms with Crippen LogP contribution in [0.5, 0.6) is 0 Å². The second kappa shape index (κ2) is 15.7. The summed E-state index contributed by atoms with van der Waals surface area (Å²) in [6.45, 7) is 10.6. The minimum Gasteiger partial charge on any atom is -0.465 e. The highest BCUT2D eigenvalue weighted by molar-refractivity contribution is 5.87. The normalized spacial score (nSPS) is 19.6. The van der Waals surface area contributed by atoms with Crippen LogP contribution in [0.3, 0.4) is 0 Å². The molecule has 2 aromatic carbocycles. The first kappa shape index (κ1) is 38.1. The minimum absolute atomic E-state index is 0.108. The smallest absolute Gasteiger partial charge is 0.407 e. The van der Waals surface area contributed by atoms with Crippen LogP contribution in [-0.2, 0) is 19.9 Å². The molecule has 0 saturated carbocycles. The number of alkyl carbamates (subject to hydrolysis) is 1. The van der Waals surface area contributed by atoms with Crippen LogP contribution < -0.4 is 10.6 Å². The Morgan fingerprint density at radius 1 is 0.796 bits per heavy atom. The molecule has 2 aliphatic rings. The number of nitrogens with zero attached hydrogens (tertiary/aromatic N) is 4. The fraction of sp³-hybridized carbons (Fsp3) is 0.450. The van der Waals surface area contributed by atoms with Gasteiger partial charge in [-0.3, -0.25) is 9.59 Å². The van der Waals surface area contributed by atoms with Crippen molar-refractivity contribution < 1.29 is 29.0 Å². The molecule has 2 fully saturated rings. The van der Waals surface area contributed by atoms with Gasteiger partial charge in [0.1, 0.15) is 23.7 Å². The molecule has 1 unspecified atom stereocenters. The van der Waals surface area contributed by atoms with Crippen LogP contribution >= 0.6 is 0 Å². The van der Waals surface area contributed by atoms with E-state index in [4.69, 9.17) is 9.72 Å². The Balaban J connectivity index is 1.13. The molecule has 4 aromatic rings. The Bertz CT molecular complexity index is 1970. The molecule has 0 aliphatic carbocycles. The van der Waals surface area contributed by atoms with Crippen molar-refractivity contribution >= 4 is 24.0 Å². The van der Waals surface area contributed by atoms with E-state index < -0.39 is 29.8 Å². The summed E-state index contributed by atoms with van der Waals surface area (Å²) >= 11 is 0. The van der Waals surface area contributed by atoms with Crippen LogP contribution in [0.2, 0.25) is 0 Å². The first-order valence-corrected chi connectivity index (χ1v) is 18.6. The predicted molar refractivity (Wildman–Crippen MR) is 203 cm³/mol. The largest absolute Gasteiger partial charge is 0.465 e. The molecule has 5 N–H and O–H groups in total. The van der Waals surface area contributed by atoms with E-state index in [1.165, 1.54) is 7.11 Å². The highest BCUT2D eigenvalue weighted by Crippen LogP contribution is 2.39. The van der Waals surface area contributed by atoms with Gasteiger partial charge in [0.05, 0.1) is 42.5 Å². The number of carbonyl (C=O) groups excluding carboxylic acids is 3. The summed E-state index contributed by atoms with van der Waals surface area (Å²) in [5, 5.41) is 14.4. The third kappa shape index (κ3) is 7.68. The number of rotatable bonds is 11. The van der Waals surface area contributed by atoms with Gasteiger partial charge in [-0.05, 0) is 66.7 Å². The number of nitrogens with one attached hydrogen (secondary N) is 4. The summed E-state index contributed by atoms with van der Waals surface area (Å²) < 4.78 is 4.75. The van der Waals surface area contributed by atoms with Crippen molar-refractivity contribution in [2.24, 2.45) is 11.8 Å². The fourth-order valence-corrected chi connectivity index (χ4v) is 7.65. The summed E-state index contributed by atoms with van der Waals surface area (Å²) in [5.41, 5.74) is 4.99. The zero-order valence-electron chi connectivity index (χ0n) is 31.7. The quantitative estimate of drug-likeness (QED) is 0.119. The molecule has 2 aliphatic heterocycles. The molecule has 2 aromatic heterocycles. The van der Waals surface area contributed by atoms with Gasteiger partial charge in [-0.15, -0.1) is 0 Å². The third-order valence-corrected chi connectivity index (χ3v) is 10.8. The summed E-state index contributed by atoms with van der Waals surface area (Å²) in [7, 11) is 1.29. The van der Waals surface area contributed by atoms with Gasteiger partial charge >= 0.3 is 12.2 Å². The van der Waals surface area contributed by atoms with E-state index >= 15 is 0 Å². The molecule has 14 nitrogen and oxygen atoms in total. The zero-order chi connectivity index (χ0) is 38.7. The van der Waals surface area contributed by atoms with Gasteiger partial charge in [0.15, 0.2) is 0 Å². The molecule has 2 saturated heterocycles. The molecule has 4 atom stereocenters. The molecular formula is C40H50N8O6. The zero-order valence-corrected chi connectivity index (χ0v) is 31.7. The van der Waals surface area contributed by atoms with Crippen molar-refractivity contribution in [3.8, 4) is 33.6 Å². The topological polar surface area (TPSA) is 186 Å². The Kier molecular flexibility index (Phi) is 11.1. The third-order valence-electron chi connectivity index (χ3n) is 10.8. The standard InChI is InChI=1S/C40H50N8O6/c1-23(2)32(46-39(53)54-6)35(49)47-19-7-9-31(47)34-41-21-29(43-34)27-14-10-25(11-15-27)26-12-16-28(17-13-26)30-22-42-37(44-30)40(5)18-8-20-48(40)36(50)33(24(3)4)45-38(51)52/h10-17,21-24,31-33,45H,7-9,18-20H2,1-6H3,(H,41,43)(H,42,44)(H,46,53)(H,51,52)/t31?,32-,33-,40-/m0/s1. The summed E-state index contributed by atoms with van der Waals surface area (Å²) in [5.74, 6) is 0.691. The maximum absolute atomic E-state index is 13.6. The SMILES string of the molecule is COC(=O)N[C@H](C(=O)N1CCCC1c1ncc(-c2ccc(-c3ccc(-c4cnc([C@]5(C)CCCN5C(=O)[C@@H](NC(=O)O)C(C)C)[nH]4)cc3)cc2)[nH]1)C(C)C. The second-order valence-electron chi connectivity index (χ2n) is 15.1. The summed E-state index contributed by atoms with van der Waals surface area (Å²) in [6, 6.07) is 14.6. The maximum Gasteiger partial charge on any atom is 0.407 e. The van der Waals surface area contributed by atoms with Crippen LogP contribution in [0.1, 0.15) is 78.0 Å². The molecule has 0 radical (unpaired) electrons. The number of amides is 4. The molecule has 286 valence electrons. The molecule has 4 amide bonds. The van der Waals surface area contributed by atoms with Gasteiger partial charge < -0.3 is 40.2 Å². The van der Waals surface area contributed by atoms with E-state index in [1.807, 2.05) is 58.9 Å². The lowest BCUT2D eigenvalue weighted by Gasteiger charge is -2.36. The average molecular weight is 739 g/mol. The van der Waals surface area contributed by atoms with E-state index in [-0.39, 0.29) is 29.7 Å². The second-order valence-corrected chi connectivity index (χ2v) is 15.1. The molecular weight excluding hydrogens is 688 g/mol. The lowest BCUT2D eigenvalue weighted by molar-refractivity contribution is -0.138. The van der Waals surface area contributed by atoms with E-state index in [0.29, 0.717) is 31.2 Å². The molecule has 54 heavy (non-hydrogen) atoms. The van der Waals surface area contributed by atoms with Crippen LogP contribution in [0.25, 0.3) is 33.6 Å². The number of methoxy groups -OCH3 is 1. The average Bonchev–Trinajstić information content (AvgIpc) is 3.99. The number of H-pyrrole nitrogens is 2. The van der Waals surface area contributed by atoms with Crippen LogP contribution in [-0.4, -0.2) is 91.1 Å². The van der Waals surface area contributed by atoms with Crippen molar-refractivity contribution in [3.05, 3.63) is 72.6 Å². The van der Waals surface area contributed by atoms with Crippen molar-refractivity contribution in [2.45, 2.75) is 84.0 Å². The number of benzene rings is 2. The van der Waals surface area contributed by atoms with E-state index in [1.54, 1.807) is 22.2 Å². The summed E-state index contributed by atoms with van der Waals surface area (Å²) in [4.78, 5) is 70.2. The highest BCUT2D eigenvalue weighted by atomic mass is 16.5. The van der Waals surface area contributed by atoms with Gasteiger partial charge in [0.2, 0.25) is 11.8 Å². The van der Waals surface area contributed by atoms with Gasteiger partial charge in [0.25, 0.3) is 0 Å². The van der Waals surface area contributed by atoms with E-state index in [9.17, 15) is 24.3 Å². The summed E-state index contributed by atoms with van der Waals surface area (Å²) in [6.07, 6.45) is 4.86. The van der Waals surface area contributed by atoms with Crippen molar-refractivity contribution in [1.29, 1.82) is 0 Å². The number of aromatic nitrogens is 4. The first-order chi connectivity index (χ1) is 25.8. The molecule has 0 bridgehead atoms. The Labute approximate surface area is 315 Å². The van der Waals surface area contributed by atoms with Crippen molar-refractivity contribution in [3.63, 3.8) is 0 Å². The monoisotopic (exact) mass is 738 g/mol. The lowest BCUT2D eigenvalue weighted by atomic mass is 9.95. The van der Waals surface area contributed by atoms with Crippen LogP contribution in [0.4, 0.5) is 9.59 Å². The molecule has 6 rings (SSSR count). The van der Waals surface area contributed by atoms with Crippen molar-refractivity contribution in [2.75, 3.05) is 20.2 Å². The Morgan fingerprint density at radius 2 is 1.35 bits per heavy atom. The lowest BCUT2D eigenvalue weighted by Crippen LogP contribution is -2.54. The molecule has 14 heteroatoms. The number of carbonyl (C=O) groups is 4. The van der Waals surface area contributed by atoms with E-state index in [0.717, 1.165) is 52.9 Å². The number of hydrogen-bond donors (Lipinski definition) is 5. The Hall–Kier alpha value is -5.66. The van der Waals surface area contributed by atoms with Crippen molar-refractivity contribution in [1.82, 2.24) is 40.4 Å². The van der Waals surface area contributed by atoms with E-state index in [2.05, 4.69) is 49.9 Å². The van der Waals surface area contributed by atoms with Gasteiger partial charge in [-0.2, -0.15) is 0 Å². The fourth-order valence-electron chi connectivity index (χ4n) is 7.65. The van der Waals surface area contributed by atoms with Gasteiger partial charge in [0, 0.05) is 13.1 Å². The van der Waals surface area contributed by atoms with Crippen LogP contribution in [0, 0.1) is 11.8 Å². The number of hydrogen-bond acceptors (Lipinski definition) is 7. The predicted octanol–water partition coefficient (Wildman–Crippen LogP) is 6.31. The van der Waals surface area contributed by atoms with Gasteiger partial charge in [-0.25, -0.2) is 19.6 Å². The Morgan fingerprint density at radius 3 is 1.93 bits per heavy atom. The highest BCUT2D eigenvalue weighted by Gasteiger charge is 2.46. The number of imidazole rings is 2.